The lowest BCUT2D eigenvalue weighted by Gasteiger charge is -2.18. The summed E-state index contributed by atoms with van der Waals surface area (Å²) in [5, 5.41) is 12.6. The standard InChI is InChI=1S/C21H23N5O/c1-21(2,12-22)20-24-18(13-7-9-23-10-8-13)19(25-20)15-3-5-16-14(11-15)4-6-17(16)26-27/h3,5,7-11,27H,4,6,12,22H2,1-2H3,(H,24,25). The number of rotatable bonds is 4. The summed E-state index contributed by atoms with van der Waals surface area (Å²) in [5.74, 6) is 0.866. The average Bonchev–Trinajstić information content (AvgIpc) is 3.33. The third kappa shape index (κ3) is 3.02. The van der Waals surface area contributed by atoms with Gasteiger partial charge in [0.1, 0.15) is 5.82 Å². The molecule has 138 valence electrons. The first-order valence-electron chi connectivity index (χ1n) is 9.09. The first kappa shape index (κ1) is 17.4. The van der Waals surface area contributed by atoms with E-state index in [9.17, 15) is 0 Å². The second kappa shape index (κ2) is 6.63. The van der Waals surface area contributed by atoms with Gasteiger partial charge < -0.3 is 15.9 Å². The van der Waals surface area contributed by atoms with E-state index in [0.29, 0.717) is 6.54 Å². The largest absolute Gasteiger partial charge is 0.411 e. The van der Waals surface area contributed by atoms with Crippen molar-refractivity contribution in [2.75, 3.05) is 6.54 Å². The molecule has 1 aromatic carbocycles. The fourth-order valence-corrected chi connectivity index (χ4v) is 3.45. The highest BCUT2D eigenvalue weighted by atomic mass is 16.4. The number of H-pyrrole nitrogens is 1. The van der Waals surface area contributed by atoms with Crippen molar-refractivity contribution < 1.29 is 5.21 Å². The number of fused-ring (bicyclic) bond motifs is 1. The van der Waals surface area contributed by atoms with E-state index in [2.05, 4.69) is 35.0 Å². The maximum absolute atomic E-state index is 9.16. The molecule has 6 nitrogen and oxygen atoms in total. The number of nitrogens with two attached hydrogens (primary N) is 1. The van der Waals surface area contributed by atoms with Crippen LogP contribution in [0.15, 0.2) is 47.9 Å². The molecule has 0 fully saturated rings. The molecule has 0 atom stereocenters. The number of aromatic amines is 1. The quantitative estimate of drug-likeness (QED) is 0.489. The molecule has 27 heavy (non-hydrogen) atoms. The van der Waals surface area contributed by atoms with Crippen LogP contribution in [0.4, 0.5) is 0 Å². The van der Waals surface area contributed by atoms with Crippen molar-refractivity contribution in [2.45, 2.75) is 32.1 Å². The highest BCUT2D eigenvalue weighted by molar-refractivity contribution is 6.04. The van der Waals surface area contributed by atoms with Crippen LogP contribution in [0.3, 0.4) is 0 Å². The van der Waals surface area contributed by atoms with Crippen molar-refractivity contribution >= 4 is 5.71 Å². The summed E-state index contributed by atoms with van der Waals surface area (Å²) < 4.78 is 0. The van der Waals surface area contributed by atoms with Crippen LogP contribution in [-0.4, -0.2) is 32.4 Å². The van der Waals surface area contributed by atoms with Gasteiger partial charge in [-0.15, -0.1) is 0 Å². The summed E-state index contributed by atoms with van der Waals surface area (Å²) in [6.45, 7) is 4.66. The molecule has 2 aromatic heterocycles. The molecule has 4 N–H and O–H groups in total. The van der Waals surface area contributed by atoms with Crippen LogP contribution in [0, 0.1) is 0 Å². The number of aryl methyl sites for hydroxylation is 1. The lowest BCUT2D eigenvalue weighted by atomic mass is 9.93. The third-order valence-corrected chi connectivity index (χ3v) is 5.27. The van der Waals surface area contributed by atoms with E-state index in [1.807, 2.05) is 24.3 Å². The Balaban J connectivity index is 1.87. The molecule has 0 saturated carbocycles. The van der Waals surface area contributed by atoms with Crippen molar-refractivity contribution in [1.29, 1.82) is 0 Å². The fourth-order valence-electron chi connectivity index (χ4n) is 3.45. The van der Waals surface area contributed by atoms with Gasteiger partial charge in [0, 0.05) is 41.0 Å². The van der Waals surface area contributed by atoms with Crippen molar-refractivity contribution in [3.05, 3.63) is 59.7 Å². The summed E-state index contributed by atoms with van der Waals surface area (Å²) in [7, 11) is 0. The minimum absolute atomic E-state index is 0.256. The number of benzene rings is 1. The molecule has 0 amide bonds. The van der Waals surface area contributed by atoms with E-state index in [-0.39, 0.29) is 5.41 Å². The fraction of sp³-hybridized carbons (Fsp3) is 0.286. The van der Waals surface area contributed by atoms with E-state index in [1.54, 1.807) is 12.4 Å². The number of nitrogens with zero attached hydrogens (tertiary/aromatic N) is 3. The van der Waals surface area contributed by atoms with Crippen molar-refractivity contribution in [3.63, 3.8) is 0 Å². The van der Waals surface area contributed by atoms with E-state index in [1.165, 1.54) is 5.56 Å². The molecular formula is C21H23N5O. The molecule has 4 rings (SSSR count). The lowest BCUT2D eigenvalue weighted by molar-refractivity contribution is 0.318. The van der Waals surface area contributed by atoms with Gasteiger partial charge in [0.25, 0.3) is 0 Å². The second-order valence-corrected chi connectivity index (χ2v) is 7.55. The molecule has 0 unspecified atom stereocenters. The Bertz CT molecular complexity index is 1000. The zero-order valence-electron chi connectivity index (χ0n) is 15.5. The van der Waals surface area contributed by atoms with E-state index < -0.39 is 0 Å². The highest BCUT2D eigenvalue weighted by Gasteiger charge is 2.26. The van der Waals surface area contributed by atoms with Crippen molar-refractivity contribution in [3.8, 4) is 22.5 Å². The maximum atomic E-state index is 9.16. The Labute approximate surface area is 158 Å². The summed E-state index contributed by atoms with van der Waals surface area (Å²) in [5.41, 5.74) is 12.6. The van der Waals surface area contributed by atoms with Gasteiger partial charge in [0.05, 0.1) is 17.1 Å². The molecule has 0 bridgehead atoms. The molecule has 0 radical (unpaired) electrons. The van der Waals surface area contributed by atoms with Crippen molar-refractivity contribution in [2.24, 2.45) is 10.9 Å². The van der Waals surface area contributed by atoms with Gasteiger partial charge in [-0.2, -0.15) is 0 Å². The smallest absolute Gasteiger partial charge is 0.114 e. The van der Waals surface area contributed by atoms with Crippen LogP contribution < -0.4 is 5.73 Å². The first-order chi connectivity index (χ1) is 13.0. The number of oxime groups is 1. The second-order valence-electron chi connectivity index (χ2n) is 7.55. The number of nitrogens with one attached hydrogen (secondary N) is 1. The van der Waals surface area contributed by atoms with Gasteiger partial charge in [-0.1, -0.05) is 31.1 Å². The monoisotopic (exact) mass is 361 g/mol. The van der Waals surface area contributed by atoms with Crippen LogP contribution >= 0.6 is 0 Å². The van der Waals surface area contributed by atoms with Gasteiger partial charge in [-0.05, 0) is 36.6 Å². The van der Waals surface area contributed by atoms with Crippen LogP contribution in [0.2, 0.25) is 0 Å². The number of imidazole rings is 1. The number of pyridine rings is 1. The minimum atomic E-state index is -0.256. The molecule has 0 saturated heterocycles. The molecule has 2 heterocycles. The summed E-state index contributed by atoms with van der Waals surface area (Å²) in [6.07, 6.45) is 5.19. The van der Waals surface area contributed by atoms with Crippen LogP contribution in [0.1, 0.15) is 37.2 Å². The van der Waals surface area contributed by atoms with E-state index >= 15 is 0 Å². The Kier molecular flexibility index (Phi) is 4.28. The van der Waals surface area contributed by atoms with E-state index in [0.717, 1.165) is 52.5 Å². The molecule has 3 aromatic rings. The van der Waals surface area contributed by atoms with E-state index in [4.69, 9.17) is 15.9 Å². The first-order valence-corrected chi connectivity index (χ1v) is 9.09. The predicted octanol–water partition coefficient (Wildman–Crippen LogP) is 3.50. The SMILES string of the molecule is CC(C)(CN)c1nc(-c2ccc3c(c2)CCC3=NO)c(-c2ccncc2)[nH]1. The zero-order valence-corrected chi connectivity index (χ0v) is 15.5. The zero-order chi connectivity index (χ0) is 19.0. The number of hydrogen-bond acceptors (Lipinski definition) is 5. The maximum Gasteiger partial charge on any atom is 0.114 e. The summed E-state index contributed by atoms with van der Waals surface area (Å²) in [6, 6.07) is 10.1. The Hall–Kier alpha value is -2.99. The van der Waals surface area contributed by atoms with Gasteiger partial charge in [-0.3, -0.25) is 4.98 Å². The molecule has 0 aliphatic heterocycles. The molecule has 6 heteroatoms. The molecular weight excluding hydrogens is 338 g/mol. The molecule has 0 spiro atoms. The summed E-state index contributed by atoms with van der Waals surface area (Å²) in [4.78, 5) is 12.5. The Morgan fingerprint density at radius 2 is 1.93 bits per heavy atom. The van der Waals surface area contributed by atoms with Crippen molar-refractivity contribution in [1.82, 2.24) is 15.0 Å². The van der Waals surface area contributed by atoms with Gasteiger partial charge in [0.15, 0.2) is 0 Å². The van der Waals surface area contributed by atoms with Crippen LogP contribution in [0.5, 0.6) is 0 Å². The van der Waals surface area contributed by atoms with Gasteiger partial charge in [-0.25, -0.2) is 4.98 Å². The Morgan fingerprint density at radius 1 is 1.15 bits per heavy atom. The number of aromatic nitrogens is 3. The average molecular weight is 361 g/mol. The lowest BCUT2D eigenvalue weighted by Crippen LogP contribution is -2.29. The van der Waals surface area contributed by atoms with Crippen LogP contribution in [-0.2, 0) is 11.8 Å². The topological polar surface area (TPSA) is 100 Å². The molecule has 1 aliphatic carbocycles. The normalized spacial score (nSPS) is 15.3. The minimum Gasteiger partial charge on any atom is -0.411 e. The third-order valence-electron chi connectivity index (χ3n) is 5.27. The van der Waals surface area contributed by atoms with Gasteiger partial charge in [0.2, 0.25) is 0 Å². The van der Waals surface area contributed by atoms with Gasteiger partial charge >= 0.3 is 0 Å². The highest BCUT2D eigenvalue weighted by Crippen LogP contribution is 2.35. The predicted molar refractivity (Wildman–Crippen MR) is 106 cm³/mol. The summed E-state index contributed by atoms with van der Waals surface area (Å²) >= 11 is 0. The molecule has 1 aliphatic rings. The Morgan fingerprint density at radius 3 is 2.63 bits per heavy atom. The number of hydrogen-bond donors (Lipinski definition) is 3. The van der Waals surface area contributed by atoms with Crippen LogP contribution in [0.25, 0.3) is 22.5 Å².